The summed E-state index contributed by atoms with van der Waals surface area (Å²) < 4.78 is 0. The monoisotopic (exact) mass is 416 g/mol. The van der Waals surface area contributed by atoms with Gasteiger partial charge < -0.3 is 25.8 Å². The van der Waals surface area contributed by atoms with E-state index in [4.69, 9.17) is 0 Å². The van der Waals surface area contributed by atoms with Crippen molar-refractivity contribution < 1.29 is 9.59 Å². The minimum Gasteiger partial charge on any atom is -0.368 e. The fraction of sp³-hybridized carbons (Fsp3) is 0.591. The molecule has 0 spiro atoms. The molecule has 1 aromatic carbocycles. The van der Waals surface area contributed by atoms with Crippen molar-refractivity contribution in [1.82, 2.24) is 20.9 Å². The third-order valence-electron chi connectivity index (χ3n) is 4.62. The van der Waals surface area contributed by atoms with Crippen LogP contribution in [0.4, 0.5) is 5.69 Å². The molecule has 0 unspecified atom stereocenters. The number of benzene rings is 1. The SMILES string of the molecule is CCNC(=NCC(=O)NC(C)(C)C)NCCC(=O)N1CCN(c2ccccc2)CC1. The Kier molecular flexibility index (Phi) is 8.95. The predicted molar refractivity (Wildman–Crippen MR) is 122 cm³/mol. The van der Waals surface area contributed by atoms with Crippen LogP contribution in [0.3, 0.4) is 0 Å². The largest absolute Gasteiger partial charge is 0.368 e. The van der Waals surface area contributed by atoms with Crippen LogP contribution in [0.25, 0.3) is 0 Å². The molecule has 0 radical (unpaired) electrons. The zero-order valence-electron chi connectivity index (χ0n) is 18.7. The predicted octanol–water partition coefficient (Wildman–Crippen LogP) is 1.20. The van der Waals surface area contributed by atoms with E-state index in [9.17, 15) is 9.59 Å². The molecule has 1 aliphatic rings. The number of carbonyl (C=O) groups excluding carboxylic acids is 2. The number of amides is 2. The maximum absolute atomic E-state index is 12.5. The van der Waals surface area contributed by atoms with E-state index < -0.39 is 0 Å². The van der Waals surface area contributed by atoms with Gasteiger partial charge in [0, 0.05) is 56.9 Å². The number of hydrogen-bond acceptors (Lipinski definition) is 4. The van der Waals surface area contributed by atoms with Crippen molar-refractivity contribution in [1.29, 1.82) is 0 Å². The number of carbonyl (C=O) groups is 2. The fourth-order valence-corrected chi connectivity index (χ4v) is 3.25. The molecule has 2 amide bonds. The summed E-state index contributed by atoms with van der Waals surface area (Å²) in [7, 11) is 0. The lowest BCUT2D eigenvalue weighted by Crippen LogP contribution is -2.49. The minimum absolute atomic E-state index is 0.0436. The Balaban J connectivity index is 1.73. The molecule has 166 valence electrons. The number of piperazine rings is 1. The van der Waals surface area contributed by atoms with Crippen LogP contribution in [0.1, 0.15) is 34.1 Å². The molecule has 0 atom stereocenters. The molecule has 0 aromatic heterocycles. The molecular formula is C22H36N6O2. The number of nitrogens with zero attached hydrogens (tertiary/aromatic N) is 3. The van der Waals surface area contributed by atoms with Gasteiger partial charge in [0.2, 0.25) is 11.8 Å². The molecule has 1 heterocycles. The highest BCUT2D eigenvalue weighted by Crippen LogP contribution is 2.15. The summed E-state index contributed by atoms with van der Waals surface area (Å²) in [6.07, 6.45) is 0.393. The Morgan fingerprint density at radius 2 is 1.70 bits per heavy atom. The van der Waals surface area contributed by atoms with Crippen LogP contribution >= 0.6 is 0 Å². The lowest BCUT2D eigenvalue weighted by molar-refractivity contribution is -0.131. The Hall–Kier alpha value is -2.77. The number of nitrogens with one attached hydrogen (secondary N) is 3. The molecule has 0 aliphatic carbocycles. The highest BCUT2D eigenvalue weighted by Gasteiger charge is 2.21. The van der Waals surface area contributed by atoms with Crippen LogP contribution in [0.5, 0.6) is 0 Å². The minimum atomic E-state index is -0.282. The normalized spacial score (nSPS) is 15.0. The molecule has 3 N–H and O–H groups in total. The highest BCUT2D eigenvalue weighted by atomic mass is 16.2. The third kappa shape index (κ3) is 8.31. The van der Waals surface area contributed by atoms with Crippen molar-refractivity contribution in [2.24, 2.45) is 4.99 Å². The summed E-state index contributed by atoms with van der Waals surface area (Å²) in [5.41, 5.74) is 0.920. The van der Waals surface area contributed by atoms with Gasteiger partial charge in [0.1, 0.15) is 6.54 Å². The van der Waals surface area contributed by atoms with E-state index >= 15 is 0 Å². The number of hydrogen-bond donors (Lipinski definition) is 3. The number of rotatable bonds is 7. The Morgan fingerprint density at radius 3 is 2.30 bits per heavy atom. The zero-order chi connectivity index (χ0) is 22.0. The molecule has 1 aromatic rings. The second-order valence-electron chi connectivity index (χ2n) is 8.37. The maximum Gasteiger partial charge on any atom is 0.242 e. The molecule has 30 heavy (non-hydrogen) atoms. The van der Waals surface area contributed by atoms with E-state index in [1.165, 1.54) is 5.69 Å². The molecule has 8 heteroatoms. The van der Waals surface area contributed by atoms with Crippen molar-refractivity contribution in [3.63, 3.8) is 0 Å². The van der Waals surface area contributed by atoms with Crippen molar-refractivity contribution >= 4 is 23.5 Å². The molecular weight excluding hydrogens is 380 g/mol. The van der Waals surface area contributed by atoms with Crippen LogP contribution in [0, 0.1) is 0 Å². The van der Waals surface area contributed by atoms with Gasteiger partial charge >= 0.3 is 0 Å². The second kappa shape index (κ2) is 11.4. The van der Waals surface area contributed by atoms with Crippen LogP contribution in [0.15, 0.2) is 35.3 Å². The first kappa shape index (κ1) is 23.5. The number of guanidine groups is 1. The van der Waals surface area contributed by atoms with Gasteiger partial charge in [-0.1, -0.05) is 18.2 Å². The molecule has 0 saturated carbocycles. The molecule has 0 bridgehead atoms. The molecule has 8 nitrogen and oxygen atoms in total. The van der Waals surface area contributed by atoms with Gasteiger partial charge in [-0.2, -0.15) is 0 Å². The Morgan fingerprint density at radius 1 is 1.03 bits per heavy atom. The third-order valence-corrected chi connectivity index (χ3v) is 4.62. The molecule has 2 rings (SSSR count). The molecule has 1 aliphatic heterocycles. The number of para-hydroxylation sites is 1. The average molecular weight is 417 g/mol. The Bertz CT molecular complexity index is 706. The fourth-order valence-electron chi connectivity index (χ4n) is 3.25. The van der Waals surface area contributed by atoms with Crippen LogP contribution in [-0.2, 0) is 9.59 Å². The smallest absolute Gasteiger partial charge is 0.242 e. The van der Waals surface area contributed by atoms with Crippen molar-refractivity contribution in [3.8, 4) is 0 Å². The van der Waals surface area contributed by atoms with E-state index in [0.717, 1.165) is 26.2 Å². The van der Waals surface area contributed by atoms with Crippen LogP contribution in [-0.4, -0.2) is 74.0 Å². The van der Waals surface area contributed by atoms with E-state index in [2.05, 4.69) is 38.0 Å². The molecule has 1 saturated heterocycles. The van der Waals surface area contributed by atoms with Crippen molar-refractivity contribution in [3.05, 3.63) is 30.3 Å². The van der Waals surface area contributed by atoms with Crippen LogP contribution < -0.4 is 20.9 Å². The van der Waals surface area contributed by atoms with Gasteiger partial charge in [-0.3, -0.25) is 9.59 Å². The second-order valence-corrected chi connectivity index (χ2v) is 8.37. The van der Waals surface area contributed by atoms with Crippen molar-refractivity contribution in [2.75, 3.05) is 50.7 Å². The summed E-state index contributed by atoms with van der Waals surface area (Å²) >= 11 is 0. The van der Waals surface area contributed by atoms with Gasteiger partial charge in [0.15, 0.2) is 5.96 Å². The lowest BCUT2D eigenvalue weighted by atomic mass is 10.1. The van der Waals surface area contributed by atoms with Gasteiger partial charge in [-0.05, 0) is 39.8 Å². The topological polar surface area (TPSA) is 89.1 Å². The summed E-state index contributed by atoms with van der Waals surface area (Å²) in [6, 6.07) is 10.3. The standard InChI is InChI=1S/C22H36N6O2/c1-5-23-21(25-17-19(29)26-22(2,3)4)24-12-11-20(30)28-15-13-27(14-16-28)18-9-7-6-8-10-18/h6-10H,5,11-17H2,1-4H3,(H,26,29)(H2,23,24,25). The first-order chi connectivity index (χ1) is 14.3. The van der Waals surface area contributed by atoms with Crippen LogP contribution in [0.2, 0.25) is 0 Å². The Labute approximate surface area is 180 Å². The number of anilines is 1. The van der Waals surface area contributed by atoms with E-state index in [-0.39, 0.29) is 23.9 Å². The zero-order valence-corrected chi connectivity index (χ0v) is 18.7. The molecule has 1 fully saturated rings. The van der Waals surface area contributed by atoms with Gasteiger partial charge in [0.25, 0.3) is 0 Å². The van der Waals surface area contributed by atoms with E-state index in [0.29, 0.717) is 25.5 Å². The van der Waals surface area contributed by atoms with Gasteiger partial charge in [-0.25, -0.2) is 4.99 Å². The van der Waals surface area contributed by atoms with Gasteiger partial charge in [0.05, 0.1) is 0 Å². The average Bonchev–Trinajstić information content (AvgIpc) is 2.71. The number of aliphatic imine (C=N–C) groups is 1. The summed E-state index contributed by atoms with van der Waals surface area (Å²) in [6.45, 7) is 12.1. The van der Waals surface area contributed by atoms with Crippen molar-refractivity contribution in [2.45, 2.75) is 39.7 Å². The first-order valence-corrected chi connectivity index (χ1v) is 10.7. The summed E-state index contributed by atoms with van der Waals surface area (Å²) in [4.78, 5) is 33.0. The van der Waals surface area contributed by atoms with E-state index in [1.54, 1.807) is 0 Å². The summed E-state index contributed by atoms with van der Waals surface area (Å²) in [5.74, 6) is 0.548. The maximum atomic E-state index is 12.5. The first-order valence-electron chi connectivity index (χ1n) is 10.7. The summed E-state index contributed by atoms with van der Waals surface area (Å²) in [5, 5.41) is 9.13. The quantitative estimate of drug-likeness (QED) is 0.459. The lowest BCUT2D eigenvalue weighted by Gasteiger charge is -2.36. The van der Waals surface area contributed by atoms with E-state index in [1.807, 2.05) is 50.8 Å². The van der Waals surface area contributed by atoms with Gasteiger partial charge in [-0.15, -0.1) is 0 Å². The highest BCUT2D eigenvalue weighted by molar-refractivity contribution is 5.85.